The average Bonchev–Trinajstić information content (AvgIpc) is 3.38. The topological polar surface area (TPSA) is 91.9 Å². The molecule has 0 radical (unpaired) electrons. The number of esters is 2. The van der Waals surface area contributed by atoms with Gasteiger partial charge in [-0.1, -0.05) is 43.5 Å². The molecule has 0 saturated carbocycles. The van der Waals surface area contributed by atoms with E-state index in [2.05, 4.69) is 93.1 Å². The van der Waals surface area contributed by atoms with Gasteiger partial charge in [-0.05, 0) is 65.3 Å². The Morgan fingerprint density at radius 1 is 0.712 bits per heavy atom. The number of carbonyl (C=O) groups excluding carboxylic acids is 3. The van der Waals surface area contributed by atoms with E-state index < -0.39 is 17.5 Å². The van der Waals surface area contributed by atoms with E-state index in [9.17, 15) is 14.4 Å². The molecule has 1 amide bonds. The van der Waals surface area contributed by atoms with Crippen LogP contribution in [0.1, 0.15) is 68.6 Å². The van der Waals surface area contributed by atoms with Gasteiger partial charge in [0.05, 0.1) is 0 Å². The number of anilines is 2. The van der Waals surface area contributed by atoms with Gasteiger partial charge in [0, 0.05) is 104 Å². The summed E-state index contributed by atoms with van der Waals surface area (Å²) in [5.41, 5.74) is 5.06. The number of hydrogen-bond donors (Lipinski definition) is 0. The monoisotopic (exact) mass is 708 g/mol. The Hall–Kier alpha value is -5.09. The predicted molar refractivity (Wildman–Crippen MR) is 205 cm³/mol. The standard InChI is InChI=1S/C42H52N4O6/c1-9-44(10-2)31-17-19-35-37(27-31)52-38-28-32(45(11-3)12-4)18-20-36(38)42(35)34-16-14-13-15-33(34)39(47)46(42)22-21-43(23-25-50-40(48)29(5)6)24-26-51-41(49)30(7)8/h13-20,27-28H,5,7,9-12,21-26H2,1-4,6,8H3. The van der Waals surface area contributed by atoms with Crippen LogP contribution in [-0.2, 0) is 24.6 Å². The van der Waals surface area contributed by atoms with Crippen molar-refractivity contribution in [2.75, 3.05) is 75.4 Å². The third-order valence-electron chi connectivity index (χ3n) is 10.0. The summed E-state index contributed by atoms with van der Waals surface area (Å²) in [5, 5.41) is 0. The molecule has 2 aliphatic rings. The van der Waals surface area contributed by atoms with E-state index in [1.165, 1.54) is 0 Å². The van der Waals surface area contributed by atoms with Crippen molar-refractivity contribution in [3.63, 3.8) is 0 Å². The summed E-state index contributed by atoms with van der Waals surface area (Å²) >= 11 is 0. The Balaban J connectivity index is 1.61. The molecule has 0 atom stereocenters. The Morgan fingerprint density at radius 3 is 1.65 bits per heavy atom. The van der Waals surface area contributed by atoms with E-state index in [0.29, 0.717) is 54.4 Å². The minimum absolute atomic E-state index is 0.0857. The average molecular weight is 709 g/mol. The number of fused-ring (bicyclic) bond motifs is 6. The third-order valence-corrected chi connectivity index (χ3v) is 10.0. The van der Waals surface area contributed by atoms with Crippen LogP contribution in [0.3, 0.4) is 0 Å². The molecule has 3 aromatic carbocycles. The molecule has 10 heteroatoms. The van der Waals surface area contributed by atoms with E-state index in [-0.39, 0.29) is 19.1 Å². The van der Waals surface area contributed by atoms with Crippen molar-refractivity contribution in [3.8, 4) is 11.5 Å². The molecule has 276 valence electrons. The SMILES string of the molecule is C=C(C)C(=O)OCCN(CCOC(=O)C(=C)C)CCN1C(=O)c2ccccc2C12c1ccc(N(CC)CC)cc1Oc1cc(N(CC)CC)ccc12. The second kappa shape index (κ2) is 16.5. The normalized spacial score (nSPS) is 13.6. The summed E-state index contributed by atoms with van der Waals surface area (Å²) in [5.74, 6) is 0.386. The molecule has 0 aromatic heterocycles. The third kappa shape index (κ3) is 7.30. The highest BCUT2D eigenvalue weighted by Gasteiger charge is 2.56. The van der Waals surface area contributed by atoms with Crippen molar-refractivity contribution in [2.24, 2.45) is 0 Å². The number of rotatable bonds is 17. The summed E-state index contributed by atoms with van der Waals surface area (Å²) in [4.78, 5) is 47.6. The first-order chi connectivity index (χ1) is 25.0. The fourth-order valence-corrected chi connectivity index (χ4v) is 7.26. The van der Waals surface area contributed by atoms with Crippen molar-refractivity contribution < 1.29 is 28.6 Å². The highest BCUT2D eigenvalue weighted by Crippen LogP contribution is 2.58. The van der Waals surface area contributed by atoms with Crippen molar-refractivity contribution in [3.05, 3.63) is 107 Å². The van der Waals surface area contributed by atoms with Gasteiger partial charge in [-0.15, -0.1) is 0 Å². The summed E-state index contributed by atoms with van der Waals surface area (Å²) in [6.45, 7) is 24.2. The first kappa shape index (κ1) is 38.1. The molecule has 0 saturated heterocycles. The van der Waals surface area contributed by atoms with Gasteiger partial charge < -0.3 is 28.9 Å². The molecule has 0 fully saturated rings. The van der Waals surface area contributed by atoms with E-state index in [1.54, 1.807) is 13.8 Å². The van der Waals surface area contributed by atoms with Gasteiger partial charge in [0.15, 0.2) is 0 Å². The molecule has 5 rings (SSSR count). The summed E-state index contributed by atoms with van der Waals surface area (Å²) < 4.78 is 17.7. The van der Waals surface area contributed by atoms with Crippen molar-refractivity contribution in [2.45, 2.75) is 47.1 Å². The van der Waals surface area contributed by atoms with Crippen LogP contribution in [0.4, 0.5) is 11.4 Å². The van der Waals surface area contributed by atoms with Gasteiger partial charge in [-0.3, -0.25) is 9.69 Å². The van der Waals surface area contributed by atoms with Crippen LogP contribution in [0.2, 0.25) is 0 Å². The van der Waals surface area contributed by atoms with Crippen LogP contribution >= 0.6 is 0 Å². The molecular formula is C42H52N4O6. The second-order valence-corrected chi connectivity index (χ2v) is 13.2. The Kier molecular flexibility index (Phi) is 12.1. The van der Waals surface area contributed by atoms with E-state index >= 15 is 0 Å². The molecule has 1 spiro atoms. The number of nitrogens with zero attached hydrogens (tertiary/aromatic N) is 4. The first-order valence-corrected chi connectivity index (χ1v) is 18.3. The van der Waals surface area contributed by atoms with Crippen LogP contribution in [0.15, 0.2) is 85.0 Å². The maximum atomic E-state index is 14.7. The van der Waals surface area contributed by atoms with Crippen LogP contribution in [0.5, 0.6) is 11.5 Å². The molecule has 0 N–H and O–H groups in total. The molecule has 2 aliphatic heterocycles. The van der Waals surface area contributed by atoms with Gasteiger partial charge >= 0.3 is 11.9 Å². The molecule has 2 heterocycles. The van der Waals surface area contributed by atoms with Crippen molar-refractivity contribution in [1.29, 1.82) is 0 Å². The van der Waals surface area contributed by atoms with Gasteiger partial charge in [0.1, 0.15) is 30.3 Å². The summed E-state index contributed by atoms with van der Waals surface area (Å²) in [6, 6.07) is 20.5. The van der Waals surface area contributed by atoms with Crippen LogP contribution < -0.4 is 14.5 Å². The van der Waals surface area contributed by atoms with Crippen LogP contribution in [0.25, 0.3) is 0 Å². The summed E-state index contributed by atoms with van der Waals surface area (Å²) in [6.07, 6.45) is 0. The molecular weight excluding hydrogens is 656 g/mol. The number of ether oxygens (including phenoxy) is 3. The minimum Gasteiger partial charge on any atom is -0.461 e. The van der Waals surface area contributed by atoms with Gasteiger partial charge in [0.25, 0.3) is 5.91 Å². The van der Waals surface area contributed by atoms with E-state index in [4.69, 9.17) is 14.2 Å². The lowest BCUT2D eigenvalue weighted by Crippen LogP contribution is -2.50. The smallest absolute Gasteiger partial charge is 0.333 e. The molecule has 52 heavy (non-hydrogen) atoms. The maximum absolute atomic E-state index is 14.7. The number of benzene rings is 3. The van der Waals surface area contributed by atoms with Crippen LogP contribution in [0, 0.1) is 0 Å². The highest BCUT2D eigenvalue weighted by atomic mass is 16.5. The zero-order chi connectivity index (χ0) is 37.6. The lowest BCUT2D eigenvalue weighted by Gasteiger charge is -2.45. The van der Waals surface area contributed by atoms with Gasteiger partial charge in [0.2, 0.25) is 0 Å². The molecule has 0 aliphatic carbocycles. The number of hydrogen-bond acceptors (Lipinski definition) is 9. The van der Waals surface area contributed by atoms with Gasteiger partial charge in [-0.2, -0.15) is 0 Å². The van der Waals surface area contributed by atoms with E-state index in [0.717, 1.165) is 54.2 Å². The fourth-order valence-electron chi connectivity index (χ4n) is 7.26. The molecule has 0 unspecified atom stereocenters. The lowest BCUT2D eigenvalue weighted by molar-refractivity contribution is -0.139. The molecule has 0 bridgehead atoms. The summed E-state index contributed by atoms with van der Waals surface area (Å²) in [7, 11) is 0. The molecule has 3 aromatic rings. The Labute approximate surface area is 308 Å². The molecule has 10 nitrogen and oxygen atoms in total. The first-order valence-electron chi connectivity index (χ1n) is 18.3. The van der Waals surface area contributed by atoms with Crippen LogP contribution in [-0.4, -0.2) is 93.2 Å². The second-order valence-electron chi connectivity index (χ2n) is 13.2. The minimum atomic E-state index is -0.981. The maximum Gasteiger partial charge on any atom is 0.333 e. The zero-order valence-electron chi connectivity index (χ0n) is 31.5. The predicted octanol–water partition coefficient (Wildman–Crippen LogP) is 6.77. The van der Waals surface area contributed by atoms with Gasteiger partial charge in [-0.25, -0.2) is 9.59 Å². The largest absolute Gasteiger partial charge is 0.461 e. The van der Waals surface area contributed by atoms with Crippen molar-refractivity contribution in [1.82, 2.24) is 9.80 Å². The Bertz CT molecular complexity index is 1740. The number of amides is 1. The fraction of sp³-hybridized carbons (Fsp3) is 0.405. The number of carbonyl (C=O) groups is 3. The quantitative estimate of drug-likeness (QED) is 0.111. The van der Waals surface area contributed by atoms with E-state index in [1.807, 2.05) is 28.0 Å². The lowest BCUT2D eigenvalue weighted by atomic mass is 9.74. The zero-order valence-corrected chi connectivity index (χ0v) is 31.5. The highest BCUT2D eigenvalue weighted by molar-refractivity contribution is 6.02. The van der Waals surface area contributed by atoms with Crippen molar-refractivity contribution >= 4 is 29.2 Å². The Morgan fingerprint density at radius 2 is 1.19 bits per heavy atom.